The van der Waals surface area contributed by atoms with Crippen molar-refractivity contribution in [1.29, 1.82) is 0 Å². The SMILES string of the molecule is O=S(=O)(CCCC(F)(F)F)NCC(F)(F)CO. The van der Waals surface area contributed by atoms with E-state index in [0.29, 0.717) is 0 Å². The van der Waals surface area contributed by atoms with E-state index in [1.807, 2.05) is 0 Å². The van der Waals surface area contributed by atoms with E-state index in [0.717, 1.165) is 0 Å². The third-order valence-electron chi connectivity index (χ3n) is 1.66. The second-order valence-corrected chi connectivity index (χ2v) is 5.30. The van der Waals surface area contributed by atoms with Crippen molar-refractivity contribution in [3.05, 3.63) is 0 Å². The van der Waals surface area contributed by atoms with Gasteiger partial charge in [-0.25, -0.2) is 21.9 Å². The Bertz CT molecular complexity index is 327. The lowest BCUT2D eigenvalue weighted by atomic mass is 10.3. The molecule has 0 unspecified atom stereocenters. The average Bonchev–Trinajstić information content (AvgIpc) is 2.13. The van der Waals surface area contributed by atoms with Crippen LogP contribution in [0.1, 0.15) is 12.8 Å². The van der Waals surface area contributed by atoms with Crippen molar-refractivity contribution in [1.82, 2.24) is 4.72 Å². The van der Waals surface area contributed by atoms with Crippen LogP contribution in [0, 0.1) is 0 Å². The summed E-state index contributed by atoms with van der Waals surface area (Å²) < 4.78 is 83.4. The standard InChI is InChI=1S/C7H12F5NO3S/c8-6(9,5-14)4-13-17(15,16)3-1-2-7(10,11)12/h13-14H,1-5H2. The Hall–Kier alpha value is -0.480. The molecule has 0 saturated carbocycles. The van der Waals surface area contributed by atoms with E-state index in [4.69, 9.17) is 5.11 Å². The number of halogens is 5. The Morgan fingerprint density at radius 3 is 2.06 bits per heavy atom. The number of nitrogens with one attached hydrogen (secondary N) is 1. The summed E-state index contributed by atoms with van der Waals surface area (Å²) in [6.07, 6.45) is -6.49. The van der Waals surface area contributed by atoms with Gasteiger partial charge in [0.2, 0.25) is 10.0 Å². The van der Waals surface area contributed by atoms with Gasteiger partial charge in [0.25, 0.3) is 5.92 Å². The molecule has 2 N–H and O–H groups in total. The third kappa shape index (κ3) is 9.24. The van der Waals surface area contributed by atoms with Gasteiger partial charge < -0.3 is 5.11 Å². The van der Waals surface area contributed by atoms with Crippen LogP contribution in [0.3, 0.4) is 0 Å². The maximum atomic E-state index is 12.4. The summed E-state index contributed by atoms with van der Waals surface area (Å²) in [6, 6.07) is 0. The molecule has 0 saturated heterocycles. The Morgan fingerprint density at radius 2 is 1.65 bits per heavy atom. The topological polar surface area (TPSA) is 66.4 Å². The molecule has 0 aromatic rings. The van der Waals surface area contributed by atoms with Crippen LogP contribution >= 0.6 is 0 Å². The van der Waals surface area contributed by atoms with Crippen molar-refractivity contribution in [3.63, 3.8) is 0 Å². The monoisotopic (exact) mass is 285 g/mol. The molecular weight excluding hydrogens is 273 g/mol. The smallest absolute Gasteiger partial charge is 0.389 e. The first kappa shape index (κ1) is 16.5. The number of aliphatic hydroxyl groups is 1. The predicted octanol–water partition coefficient (Wildman–Crippen LogP) is 0.876. The van der Waals surface area contributed by atoms with Crippen molar-refractivity contribution in [2.45, 2.75) is 24.9 Å². The minimum Gasteiger partial charge on any atom is -0.390 e. The van der Waals surface area contributed by atoms with Crippen LogP contribution in [-0.4, -0.2) is 44.5 Å². The van der Waals surface area contributed by atoms with Gasteiger partial charge in [-0.15, -0.1) is 0 Å². The van der Waals surface area contributed by atoms with E-state index in [1.165, 1.54) is 4.72 Å². The van der Waals surface area contributed by atoms with Crippen molar-refractivity contribution in [2.24, 2.45) is 0 Å². The first-order chi connectivity index (χ1) is 7.47. The molecule has 0 amide bonds. The van der Waals surface area contributed by atoms with Crippen LogP contribution < -0.4 is 4.72 Å². The van der Waals surface area contributed by atoms with Crippen LogP contribution in [0.15, 0.2) is 0 Å². The van der Waals surface area contributed by atoms with Gasteiger partial charge in [-0.2, -0.15) is 13.2 Å². The average molecular weight is 285 g/mol. The Labute approximate surface area is 94.9 Å². The van der Waals surface area contributed by atoms with Crippen molar-refractivity contribution < 1.29 is 35.5 Å². The summed E-state index contributed by atoms with van der Waals surface area (Å²) in [6.45, 7) is -2.88. The fourth-order valence-electron chi connectivity index (χ4n) is 0.806. The molecule has 0 fully saturated rings. The quantitative estimate of drug-likeness (QED) is 0.682. The number of aliphatic hydroxyl groups excluding tert-OH is 1. The van der Waals surface area contributed by atoms with Gasteiger partial charge in [-0.1, -0.05) is 0 Å². The van der Waals surface area contributed by atoms with E-state index in [2.05, 4.69) is 0 Å². The highest BCUT2D eigenvalue weighted by Gasteiger charge is 2.31. The molecule has 0 radical (unpaired) electrons. The molecular formula is C7H12F5NO3S. The molecule has 10 heteroatoms. The van der Waals surface area contributed by atoms with E-state index >= 15 is 0 Å². The van der Waals surface area contributed by atoms with Crippen molar-refractivity contribution >= 4 is 10.0 Å². The summed E-state index contributed by atoms with van der Waals surface area (Å²) in [4.78, 5) is 0. The summed E-state index contributed by atoms with van der Waals surface area (Å²) in [5, 5.41) is 8.14. The molecule has 0 bridgehead atoms. The molecule has 17 heavy (non-hydrogen) atoms. The number of alkyl halides is 5. The van der Waals surface area contributed by atoms with Crippen molar-refractivity contribution in [2.75, 3.05) is 18.9 Å². The zero-order chi connectivity index (χ0) is 13.7. The maximum absolute atomic E-state index is 12.4. The van der Waals surface area contributed by atoms with Gasteiger partial charge in [0.15, 0.2) is 0 Å². The molecule has 0 aliphatic carbocycles. The van der Waals surface area contributed by atoms with Crippen LogP contribution in [0.4, 0.5) is 22.0 Å². The summed E-state index contributed by atoms with van der Waals surface area (Å²) in [5.74, 6) is -4.52. The van der Waals surface area contributed by atoms with Gasteiger partial charge >= 0.3 is 6.18 Å². The molecule has 4 nitrogen and oxygen atoms in total. The van der Waals surface area contributed by atoms with Crippen LogP contribution in [0.25, 0.3) is 0 Å². The largest absolute Gasteiger partial charge is 0.390 e. The minimum absolute atomic E-state index is 0.705. The minimum atomic E-state index is -4.48. The molecule has 0 rings (SSSR count). The lowest BCUT2D eigenvalue weighted by Crippen LogP contribution is -2.40. The number of hydrogen-bond donors (Lipinski definition) is 2. The highest BCUT2D eigenvalue weighted by molar-refractivity contribution is 7.89. The van der Waals surface area contributed by atoms with Crippen LogP contribution in [0.5, 0.6) is 0 Å². The first-order valence-electron chi connectivity index (χ1n) is 4.50. The molecule has 0 aliphatic heterocycles. The highest BCUT2D eigenvalue weighted by atomic mass is 32.2. The van der Waals surface area contributed by atoms with Crippen LogP contribution in [-0.2, 0) is 10.0 Å². The summed E-state index contributed by atoms with van der Waals surface area (Å²) >= 11 is 0. The van der Waals surface area contributed by atoms with Crippen molar-refractivity contribution in [3.8, 4) is 0 Å². The lowest BCUT2D eigenvalue weighted by Gasteiger charge is -2.14. The lowest BCUT2D eigenvalue weighted by molar-refractivity contribution is -0.134. The zero-order valence-corrected chi connectivity index (χ0v) is 9.41. The Morgan fingerprint density at radius 1 is 1.12 bits per heavy atom. The molecule has 0 atom stereocenters. The van der Waals surface area contributed by atoms with E-state index in [1.54, 1.807) is 0 Å². The van der Waals surface area contributed by atoms with Gasteiger partial charge in [0.05, 0.1) is 12.3 Å². The zero-order valence-electron chi connectivity index (χ0n) is 8.60. The third-order valence-corrected chi connectivity index (χ3v) is 3.07. The summed E-state index contributed by atoms with van der Waals surface area (Å²) in [7, 11) is -4.19. The second kappa shape index (κ2) is 5.91. The summed E-state index contributed by atoms with van der Waals surface area (Å²) in [5.41, 5.74) is 0. The molecule has 104 valence electrons. The van der Waals surface area contributed by atoms with E-state index in [-0.39, 0.29) is 0 Å². The van der Waals surface area contributed by atoms with Gasteiger partial charge in [0, 0.05) is 6.42 Å². The molecule has 0 aromatic carbocycles. The maximum Gasteiger partial charge on any atom is 0.389 e. The molecule has 0 heterocycles. The van der Waals surface area contributed by atoms with Gasteiger partial charge in [-0.05, 0) is 6.42 Å². The Kier molecular flexibility index (Phi) is 5.75. The number of sulfonamides is 1. The Balaban J connectivity index is 4.06. The number of hydrogen-bond acceptors (Lipinski definition) is 3. The normalized spacial score (nSPS) is 14.0. The first-order valence-corrected chi connectivity index (χ1v) is 6.15. The van der Waals surface area contributed by atoms with Crippen LogP contribution in [0.2, 0.25) is 0 Å². The fourth-order valence-corrected chi connectivity index (χ4v) is 1.91. The second-order valence-electron chi connectivity index (χ2n) is 3.37. The molecule has 0 spiro atoms. The highest BCUT2D eigenvalue weighted by Crippen LogP contribution is 2.21. The van der Waals surface area contributed by atoms with E-state index in [9.17, 15) is 30.4 Å². The van der Waals surface area contributed by atoms with Gasteiger partial charge in [-0.3, -0.25) is 0 Å². The van der Waals surface area contributed by atoms with E-state index < -0.39 is 53.9 Å². The predicted molar refractivity (Wildman–Crippen MR) is 49.1 cm³/mol. The molecule has 0 aromatic heterocycles. The molecule has 0 aliphatic rings. The fraction of sp³-hybridized carbons (Fsp3) is 1.00. The number of rotatable bonds is 7. The van der Waals surface area contributed by atoms with Gasteiger partial charge in [0.1, 0.15) is 6.61 Å².